The molecule has 1 aliphatic heterocycles. The molecule has 1 saturated heterocycles. The lowest BCUT2D eigenvalue weighted by atomic mass is 10.1. The van der Waals surface area contributed by atoms with Gasteiger partial charge < -0.3 is 10.6 Å². The van der Waals surface area contributed by atoms with Gasteiger partial charge in [0.05, 0.1) is 0 Å². The summed E-state index contributed by atoms with van der Waals surface area (Å²) in [6.45, 7) is 2.35. The number of anilines is 2. The van der Waals surface area contributed by atoms with Crippen molar-refractivity contribution < 1.29 is 4.79 Å². The monoisotopic (exact) mass is 281 g/mol. The fourth-order valence-corrected chi connectivity index (χ4v) is 2.47. The van der Waals surface area contributed by atoms with Crippen LogP contribution in [-0.2, 0) is 6.42 Å². The van der Waals surface area contributed by atoms with Crippen LogP contribution in [0.2, 0.25) is 0 Å². The molecule has 0 aromatic heterocycles. The van der Waals surface area contributed by atoms with Gasteiger partial charge in [0.2, 0.25) is 0 Å². The molecule has 0 radical (unpaired) electrons. The van der Waals surface area contributed by atoms with Gasteiger partial charge in [-0.2, -0.15) is 0 Å². The number of carbonyl (C=O) groups excluding carboxylic acids is 1. The molecule has 2 aromatic rings. The average molecular weight is 281 g/mol. The Labute approximate surface area is 124 Å². The van der Waals surface area contributed by atoms with Gasteiger partial charge in [0.25, 0.3) is 0 Å². The predicted octanol–water partition coefficient (Wildman–Crippen LogP) is 2.87. The second-order valence-corrected chi connectivity index (χ2v) is 5.09. The first-order valence-corrected chi connectivity index (χ1v) is 7.26. The van der Waals surface area contributed by atoms with Gasteiger partial charge in [0.1, 0.15) is 0 Å². The van der Waals surface area contributed by atoms with Gasteiger partial charge in [-0.3, -0.25) is 4.90 Å². The first-order chi connectivity index (χ1) is 10.3. The van der Waals surface area contributed by atoms with Crippen LogP contribution in [0, 0.1) is 0 Å². The quantitative estimate of drug-likeness (QED) is 0.885. The molecule has 3 rings (SSSR count). The van der Waals surface area contributed by atoms with E-state index in [0.29, 0.717) is 0 Å². The Bertz CT molecular complexity index is 595. The van der Waals surface area contributed by atoms with Gasteiger partial charge in [0.15, 0.2) is 0 Å². The van der Waals surface area contributed by atoms with E-state index in [2.05, 4.69) is 34.9 Å². The Morgan fingerprint density at radius 1 is 1.05 bits per heavy atom. The van der Waals surface area contributed by atoms with Gasteiger partial charge >= 0.3 is 6.03 Å². The summed E-state index contributed by atoms with van der Waals surface area (Å²) in [4.78, 5) is 13.3. The number of benzene rings is 2. The molecule has 4 heteroatoms. The third-order valence-electron chi connectivity index (χ3n) is 3.62. The maximum atomic E-state index is 11.6. The fraction of sp³-hybridized carbons (Fsp3) is 0.235. The van der Waals surface area contributed by atoms with Crippen LogP contribution in [0.15, 0.2) is 54.6 Å². The zero-order valence-electron chi connectivity index (χ0n) is 11.9. The number of hydrogen-bond acceptors (Lipinski definition) is 2. The minimum Gasteiger partial charge on any atom is -0.385 e. The summed E-state index contributed by atoms with van der Waals surface area (Å²) >= 11 is 0. The zero-order chi connectivity index (χ0) is 14.5. The molecule has 2 aromatic carbocycles. The number of amides is 2. The van der Waals surface area contributed by atoms with Crippen molar-refractivity contribution in [3.63, 3.8) is 0 Å². The van der Waals surface area contributed by atoms with Crippen molar-refractivity contribution in [2.24, 2.45) is 0 Å². The molecule has 1 aliphatic rings. The van der Waals surface area contributed by atoms with E-state index >= 15 is 0 Å². The lowest BCUT2D eigenvalue weighted by Crippen LogP contribution is -2.27. The summed E-state index contributed by atoms with van der Waals surface area (Å²) < 4.78 is 0. The second-order valence-electron chi connectivity index (χ2n) is 5.09. The smallest absolute Gasteiger partial charge is 0.321 e. The molecule has 0 atom stereocenters. The second kappa shape index (κ2) is 6.31. The van der Waals surface area contributed by atoms with Crippen molar-refractivity contribution in [1.82, 2.24) is 5.32 Å². The molecule has 21 heavy (non-hydrogen) atoms. The molecule has 0 aliphatic carbocycles. The van der Waals surface area contributed by atoms with E-state index in [0.717, 1.165) is 37.4 Å². The summed E-state index contributed by atoms with van der Waals surface area (Å²) in [5.74, 6) is 0. The molecular formula is C17H19N3O. The summed E-state index contributed by atoms with van der Waals surface area (Å²) in [6.07, 6.45) is 0.997. The highest BCUT2D eigenvalue weighted by molar-refractivity contribution is 5.94. The van der Waals surface area contributed by atoms with E-state index in [4.69, 9.17) is 0 Å². The fourth-order valence-electron chi connectivity index (χ4n) is 2.47. The van der Waals surface area contributed by atoms with E-state index in [1.165, 1.54) is 5.56 Å². The van der Waals surface area contributed by atoms with Crippen LogP contribution in [0.1, 0.15) is 5.56 Å². The Balaban J connectivity index is 1.54. The summed E-state index contributed by atoms with van der Waals surface area (Å²) in [7, 11) is 0. The van der Waals surface area contributed by atoms with E-state index in [9.17, 15) is 4.79 Å². The summed E-state index contributed by atoms with van der Waals surface area (Å²) in [5, 5.41) is 6.21. The standard InChI is InChI=1S/C17H19N3O/c21-17-19-12-13-20(17)16-8-6-15(7-9-16)18-11-10-14-4-2-1-3-5-14/h1-9,18H,10-13H2,(H,19,21). The number of urea groups is 1. The maximum Gasteiger partial charge on any atom is 0.321 e. The average Bonchev–Trinajstić information content (AvgIpc) is 2.95. The third-order valence-corrected chi connectivity index (χ3v) is 3.62. The van der Waals surface area contributed by atoms with Crippen LogP contribution in [-0.4, -0.2) is 25.7 Å². The van der Waals surface area contributed by atoms with Gasteiger partial charge in [0, 0.05) is 31.0 Å². The van der Waals surface area contributed by atoms with Crippen LogP contribution in [0.5, 0.6) is 0 Å². The molecule has 1 fully saturated rings. The van der Waals surface area contributed by atoms with Crippen LogP contribution < -0.4 is 15.5 Å². The van der Waals surface area contributed by atoms with Crippen molar-refractivity contribution in [1.29, 1.82) is 0 Å². The van der Waals surface area contributed by atoms with E-state index in [1.54, 1.807) is 4.90 Å². The van der Waals surface area contributed by atoms with Gasteiger partial charge in [-0.25, -0.2) is 4.79 Å². The van der Waals surface area contributed by atoms with Crippen LogP contribution in [0.4, 0.5) is 16.2 Å². The lowest BCUT2D eigenvalue weighted by Gasteiger charge is -2.15. The summed E-state index contributed by atoms with van der Waals surface area (Å²) in [6, 6.07) is 18.4. The maximum absolute atomic E-state index is 11.6. The minimum atomic E-state index is -0.0141. The predicted molar refractivity (Wildman–Crippen MR) is 85.8 cm³/mol. The van der Waals surface area contributed by atoms with Crippen molar-refractivity contribution in [3.8, 4) is 0 Å². The van der Waals surface area contributed by atoms with Crippen LogP contribution >= 0.6 is 0 Å². The highest BCUT2D eigenvalue weighted by Crippen LogP contribution is 2.19. The van der Waals surface area contributed by atoms with E-state index in [1.807, 2.05) is 30.3 Å². The Morgan fingerprint density at radius 2 is 1.81 bits per heavy atom. The normalized spacial score (nSPS) is 14.1. The molecule has 1 heterocycles. The third kappa shape index (κ3) is 3.34. The largest absolute Gasteiger partial charge is 0.385 e. The summed E-state index contributed by atoms with van der Waals surface area (Å²) in [5.41, 5.74) is 3.35. The molecule has 2 N–H and O–H groups in total. The van der Waals surface area contributed by atoms with Crippen molar-refractivity contribution in [3.05, 3.63) is 60.2 Å². The zero-order valence-corrected chi connectivity index (χ0v) is 11.9. The molecular weight excluding hydrogens is 262 g/mol. The van der Waals surface area contributed by atoms with Crippen molar-refractivity contribution in [2.45, 2.75) is 6.42 Å². The number of rotatable bonds is 5. The number of nitrogens with zero attached hydrogens (tertiary/aromatic N) is 1. The Hall–Kier alpha value is -2.49. The molecule has 0 saturated carbocycles. The highest BCUT2D eigenvalue weighted by Gasteiger charge is 2.20. The number of carbonyl (C=O) groups is 1. The molecule has 0 bridgehead atoms. The highest BCUT2D eigenvalue weighted by atomic mass is 16.2. The molecule has 0 unspecified atom stereocenters. The van der Waals surface area contributed by atoms with Gasteiger partial charge in [-0.05, 0) is 36.2 Å². The molecule has 2 amide bonds. The molecule has 108 valence electrons. The van der Waals surface area contributed by atoms with Gasteiger partial charge in [-0.15, -0.1) is 0 Å². The first kappa shape index (κ1) is 13.5. The van der Waals surface area contributed by atoms with Crippen molar-refractivity contribution in [2.75, 3.05) is 29.9 Å². The van der Waals surface area contributed by atoms with E-state index < -0.39 is 0 Å². The molecule has 4 nitrogen and oxygen atoms in total. The number of nitrogens with one attached hydrogen (secondary N) is 2. The Kier molecular flexibility index (Phi) is 4.05. The number of hydrogen-bond donors (Lipinski definition) is 2. The van der Waals surface area contributed by atoms with Crippen LogP contribution in [0.3, 0.4) is 0 Å². The first-order valence-electron chi connectivity index (χ1n) is 7.26. The molecule has 0 spiro atoms. The lowest BCUT2D eigenvalue weighted by molar-refractivity contribution is 0.252. The SMILES string of the molecule is O=C1NCCN1c1ccc(NCCc2ccccc2)cc1. The Morgan fingerprint density at radius 3 is 2.48 bits per heavy atom. The van der Waals surface area contributed by atoms with E-state index in [-0.39, 0.29) is 6.03 Å². The van der Waals surface area contributed by atoms with Crippen LogP contribution in [0.25, 0.3) is 0 Å². The topological polar surface area (TPSA) is 44.4 Å². The minimum absolute atomic E-state index is 0.0141. The van der Waals surface area contributed by atoms with Crippen molar-refractivity contribution >= 4 is 17.4 Å². The van der Waals surface area contributed by atoms with Gasteiger partial charge in [-0.1, -0.05) is 30.3 Å².